The summed E-state index contributed by atoms with van der Waals surface area (Å²) < 4.78 is 14.9. The van der Waals surface area contributed by atoms with Gasteiger partial charge in [0.15, 0.2) is 5.58 Å². The number of oxazole rings is 1. The highest BCUT2D eigenvalue weighted by Gasteiger charge is 2.19. The molecule has 0 aliphatic rings. The molecule has 12 aromatic rings. The third-order valence-electron chi connectivity index (χ3n) is 11.4. The van der Waals surface area contributed by atoms with E-state index in [1.165, 1.54) is 21.8 Å². The van der Waals surface area contributed by atoms with E-state index < -0.39 is 0 Å². The van der Waals surface area contributed by atoms with Crippen molar-refractivity contribution >= 4 is 82.7 Å². The van der Waals surface area contributed by atoms with Gasteiger partial charge in [-0.25, -0.2) is 4.98 Å². The van der Waals surface area contributed by atoms with Crippen LogP contribution in [0.15, 0.2) is 209 Å². The third kappa shape index (κ3) is 5.07. The van der Waals surface area contributed by atoms with E-state index in [2.05, 4.69) is 161 Å². The Kier molecular flexibility index (Phi) is 7.16. The Labute approximate surface area is 333 Å². The van der Waals surface area contributed by atoms with Gasteiger partial charge in [-0.15, -0.1) is 0 Å². The van der Waals surface area contributed by atoms with Crippen molar-refractivity contribution in [1.82, 2.24) is 9.55 Å². The van der Waals surface area contributed by atoms with Gasteiger partial charge in [-0.1, -0.05) is 109 Å². The lowest BCUT2D eigenvalue weighted by atomic mass is 9.97. The number of para-hydroxylation sites is 3. The molecule has 0 amide bonds. The first-order valence-corrected chi connectivity index (χ1v) is 19.5. The van der Waals surface area contributed by atoms with Gasteiger partial charge in [-0.3, -0.25) is 0 Å². The number of nitrogens with zero attached hydrogens (tertiary/aromatic N) is 3. The second-order valence-corrected chi connectivity index (χ2v) is 14.7. The minimum absolute atomic E-state index is 0.621. The van der Waals surface area contributed by atoms with Crippen LogP contribution < -0.4 is 4.90 Å². The summed E-state index contributed by atoms with van der Waals surface area (Å²) >= 11 is 0. The zero-order valence-corrected chi connectivity index (χ0v) is 31.2. The SMILES string of the molecule is c1ccc(-c2nc3c(ccc4cccc(-c5ccc(N(c6ccc(-n7c8ccccc8c8ccccc87)cc6)c6ccc7oc8ccccc8c7c6)cc5)c43)o2)cc1. The van der Waals surface area contributed by atoms with E-state index in [0.29, 0.717) is 5.89 Å². The molecule has 0 radical (unpaired) electrons. The van der Waals surface area contributed by atoms with Crippen LogP contribution in [-0.2, 0) is 0 Å². The normalized spacial score (nSPS) is 11.8. The van der Waals surface area contributed by atoms with Crippen LogP contribution in [0.1, 0.15) is 0 Å². The molecule has 0 saturated carbocycles. The van der Waals surface area contributed by atoms with Crippen LogP contribution in [0.4, 0.5) is 17.1 Å². The van der Waals surface area contributed by atoms with E-state index in [1.807, 2.05) is 48.5 Å². The van der Waals surface area contributed by atoms with Crippen molar-refractivity contribution in [2.75, 3.05) is 4.90 Å². The van der Waals surface area contributed by atoms with Gasteiger partial charge in [-0.2, -0.15) is 0 Å². The maximum atomic E-state index is 6.30. The Morgan fingerprint density at radius 2 is 1.03 bits per heavy atom. The number of benzene rings is 9. The highest BCUT2D eigenvalue weighted by Crippen LogP contribution is 2.42. The summed E-state index contributed by atoms with van der Waals surface area (Å²) in [4.78, 5) is 7.36. The molecule has 3 heterocycles. The molecular weight excluding hydrogens is 711 g/mol. The van der Waals surface area contributed by atoms with Gasteiger partial charge in [-0.05, 0) is 108 Å². The number of fused-ring (bicyclic) bond motifs is 9. The zero-order chi connectivity index (χ0) is 38.2. The molecule has 3 aromatic heterocycles. The molecule has 0 atom stereocenters. The Morgan fingerprint density at radius 3 is 1.79 bits per heavy atom. The molecule has 0 N–H and O–H groups in total. The van der Waals surface area contributed by atoms with Crippen LogP contribution in [0, 0.1) is 0 Å². The van der Waals surface area contributed by atoms with E-state index in [1.54, 1.807) is 0 Å². The second-order valence-electron chi connectivity index (χ2n) is 14.7. The van der Waals surface area contributed by atoms with Gasteiger partial charge in [0.25, 0.3) is 0 Å². The van der Waals surface area contributed by atoms with Crippen molar-refractivity contribution in [1.29, 1.82) is 0 Å². The lowest BCUT2D eigenvalue weighted by Gasteiger charge is -2.26. The third-order valence-corrected chi connectivity index (χ3v) is 11.4. The topological polar surface area (TPSA) is 47.3 Å². The lowest BCUT2D eigenvalue weighted by molar-refractivity contribution is 0.620. The fourth-order valence-corrected chi connectivity index (χ4v) is 8.75. The Balaban J connectivity index is 0.994. The summed E-state index contributed by atoms with van der Waals surface area (Å²) in [6, 6.07) is 70.4. The number of anilines is 3. The van der Waals surface area contributed by atoms with Crippen LogP contribution in [0.25, 0.3) is 93.9 Å². The summed E-state index contributed by atoms with van der Waals surface area (Å²) in [5, 5.41) is 6.87. The summed E-state index contributed by atoms with van der Waals surface area (Å²) in [7, 11) is 0. The lowest BCUT2D eigenvalue weighted by Crippen LogP contribution is -2.10. The molecule has 0 fully saturated rings. The Bertz CT molecular complexity index is 3450. The molecule has 0 aliphatic carbocycles. The van der Waals surface area contributed by atoms with Crippen LogP contribution in [0.5, 0.6) is 0 Å². The van der Waals surface area contributed by atoms with Gasteiger partial charge < -0.3 is 18.3 Å². The van der Waals surface area contributed by atoms with E-state index >= 15 is 0 Å². The van der Waals surface area contributed by atoms with Gasteiger partial charge in [0, 0.05) is 55.2 Å². The van der Waals surface area contributed by atoms with Crippen LogP contribution in [-0.4, -0.2) is 9.55 Å². The molecule has 0 unspecified atom stereocenters. The first-order chi connectivity index (χ1) is 28.7. The summed E-state index contributed by atoms with van der Waals surface area (Å²) in [5.74, 6) is 0.621. The maximum Gasteiger partial charge on any atom is 0.227 e. The van der Waals surface area contributed by atoms with Crippen LogP contribution >= 0.6 is 0 Å². The average molecular weight is 744 g/mol. The van der Waals surface area contributed by atoms with E-state index in [0.717, 1.165) is 83.3 Å². The minimum atomic E-state index is 0.621. The molecule has 9 aromatic carbocycles. The van der Waals surface area contributed by atoms with Crippen molar-refractivity contribution in [3.05, 3.63) is 200 Å². The minimum Gasteiger partial charge on any atom is -0.456 e. The van der Waals surface area contributed by atoms with Gasteiger partial charge >= 0.3 is 0 Å². The Morgan fingerprint density at radius 1 is 0.414 bits per heavy atom. The Hall–Kier alpha value is -7.89. The molecule has 272 valence electrons. The predicted octanol–water partition coefficient (Wildman–Crippen LogP) is 14.8. The quantitative estimate of drug-likeness (QED) is 0.170. The molecule has 12 rings (SSSR count). The molecule has 0 aliphatic heterocycles. The molecule has 58 heavy (non-hydrogen) atoms. The van der Waals surface area contributed by atoms with Crippen molar-refractivity contribution in [2.45, 2.75) is 0 Å². The highest BCUT2D eigenvalue weighted by molar-refractivity contribution is 6.12. The summed E-state index contributed by atoms with van der Waals surface area (Å²) in [6.45, 7) is 0. The molecule has 0 saturated heterocycles. The monoisotopic (exact) mass is 743 g/mol. The van der Waals surface area contributed by atoms with Crippen molar-refractivity contribution < 1.29 is 8.83 Å². The first-order valence-electron chi connectivity index (χ1n) is 19.5. The fourth-order valence-electron chi connectivity index (χ4n) is 8.75. The van der Waals surface area contributed by atoms with Gasteiger partial charge in [0.05, 0.1) is 11.0 Å². The smallest absolute Gasteiger partial charge is 0.227 e. The van der Waals surface area contributed by atoms with Crippen molar-refractivity contribution in [3.8, 4) is 28.3 Å². The zero-order valence-electron chi connectivity index (χ0n) is 31.2. The number of hydrogen-bond donors (Lipinski definition) is 0. The summed E-state index contributed by atoms with van der Waals surface area (Å²) in [6.07, 6.45) is 0. The van der Waals surface area contributed by atoms with Crippen molar-refractivity contribution in [3.63, 3.8) is 0 Å². The molecule has 0 spiro atoms. The van der Waals surface area contributed by atoms with Gasteiger partial charge in [0.2, 0.25) is 5.89 Å². The number of rotatable bonds is 6. The molecular formula is C53H33N3O2. The van der Waals surface area contributed by atoms with Crippen LogP contribution in [0.2, 0.25) is 0 Å². The van der Waals surface area contributed by atoms with E-state index in [9.17, 15) is 0 Å². The predicted molar refractivity (Wildman–Crippen MR) is 239 cm³/mol. The molecule has 5 heteroatoms. The number of hydrogen-bond acceptors (Lipinski definition) is 4. The van der Waals surface area contributed by atoms with Gasteiger partial charge in [0.1, 0.15) is 16.7 Å². The van der Waals surface area contributed by atoms with E-state index in [-0.39, 0.29) is 0 Å². The standard InChI is InChI=1S/C53H33N3O2/c1-2-11-36(12-3-1)53-54-52-50(58-53)31-23-35-13-10-17-41(51(35)52)34-21-24-37(25-22-34)55(40-30-32-49-45(33-40)44-16-6-9-20-48(44)57-49)38-26-28-39(29-27-38)56-46-18-7-4-14-42(46)43-15-5-8-19-47(43)56/h1-33H. The highest BCUT2D eigenvalue weighted by atomic mass is 16.3. The molecule has 5 nitrogen and oxygen atoms in total. The summed E-state index contributed by atoms with van der Waals surface area (Å²) in [5.41, 5.74) is 13.2. The average Bonchev–Trinajstić information content (AvgIpc) is 3.99. The molecule has 0 bridgehead atoms. The number of aromatic nitrogens is 2. The van der Waals surface area contributed by atoms with Crippen molar-refractivity contribution in [2.24, 2.45) is 0 Å². The largest absolute Gasteiger partial charge is 0.456 e. The second kappa shape index (κ2) is 12.8. The number of furan rings is 1. The first kappa shape index (κ1) is 32.4. The van der Waals surface area contributed by atoms with E-state index in [4.69, 9.17) is 13.8 Å². The fraction of sp³-hybridized carbons (Fsp3) is 0. The van der Waals surface area contributed by atoms with Crippen LogP contribution in [0.3, 0.4) is 0 Å². The maximum absolute atomic E-state index is 6.30.